The van der Waals surface area contributed by atoms with Gasteiger partial charge in [-0.1, -0.05) is 42.5 Å². The summed E-state index contributed by atoms with van der Waals surface area (Å²) in [6, 6.07) is 18.7. The number of hydrogen-bond donors (Lipinski definition) is 3. The van der Waals surface area contributed by atoms with Gasteiger partial charge in [-0.3, -0.25) is 9.59 Å². The first kappa shape index (κ1) is 40.2. The van der Waals surface area contributed by atoms with Crippen molar-refractivity contribution < 1.29 is 19.1 Å². The second-order valence-corrected chi connectivity index (χ2v) is 10.2. The fourth-order valence-electron chi connectivity index (χ4n) is 4.47. The Hall–Kier alpha value is -1.97. The van der Waals surface area contributed by atoms with Crippen molar-refractivity contribution in [3.8, 4) is 0 Å². The number of nitrogens with two attached hydrogens (primary N) is 2. The number of carbonyl (C=O) groups is 2. The summed E-state index contributed by atoms with van der Waals surface area (Å²) in [5.74, 6) is -0.286. The summed E-state index contributed by atoms with van der Waals surface area (Å²) in [7, 11) is 4.25. The van der Waals surface area contributed by atoms with Crippen LogP contribution in [0, 0.1) is 0 Å². The number of quaternary nitrogens is 1. The van der Waals surface area contributed by atoms with E-state index in [1.807, 2.05) is 66.9 Å². The number of nitrogens with one attached hydrogen (secondary N) is 2. The lowest BCUT2D eigenvalue weighted by molar-refractivity contribution is -0.889. The Labute approximate surface area is 263 Å². The molecule has 0 spiro atoms. The molecule has 0 unspecified atom stereocenters. The van der Waals surface area contributed by atoms with Crippen molar-refractivity contribution in [2.24, 2.45) is 11.5 Å². The van der Waals surface area contributed by atoms with Gasteiger partial charge in [0.2, 0.25) is 11.4 Å². The lowest BCUT2D eigenvalue weighted by atomic mass is 9.97. The zero-order chi connectivity index (χ0) is 26.0. The van der Waals surface area contributed by atoms with Gasteiger partial charge in [0, 0.05) is 30.0 Å². The van der Waals surface area contributed by atoms with E-state index in [4.69, 9.17) is 11.5 Å². The van der Waals surface area contributed by atoms with Gasteiger partial charge in [0.25, 0.3) is 0 Å². The number of halogens is 4. The van der Waals surface area contributed by atoms with E-state index in [0.29, 0.717) is 25.8 Å². The van der Waals surface area contributed by atoms with Crippen LogP contribution in [0.5, 0.6) is 0 Å². The first-order valence-electron chi connectivity index (χ1n) is 12.8. The molecular weight excluding hydrogens is 592 g/mol. The Bertz CT molecular complexity index is 1150. The van der Waals surface area contributed by atoms with Crippen molar-refractivity contribution in [1.82, 2.24) is 5.32 Å². The third kappa shape index (κ3) is 13.1. The number of aromatic nitrogens is 1. The molecule has 2 aromatic carbocycles. The Balaban J connectivity index is 0. The number of aromatic amines is 1. The van der Waals surface area contributed by atoms with Crippen LogP contribution in [0.2, 0.25) is 0 Å². The average Bonchev–Trinajstić information content (AvgIpc) is 2.86. The highest BCUT2D eigenvalue weighted by atomic mass is 35.5. The number of likely N-dealkylation sites (N-methyl/N-ethyl adjacent to an activating group) is 1. The predicted molar refractivity (Wildman–Crippen MR) is 173 cm³/mol. The van der Waals surface area contributed by atoms with Crippen LogP contribution in [0.1, 0.15) is 30.4 Å². The van der Waals surface area contributed by atoms with Gasteiger partial charge in [-0.25, -0.2) is 4.98 Å². The summed E-state index contributed by atoms with van der Waals surface area (Å²) >= 11 is 0. The number of fused-ring (bicyclic) bond motifs is 1. The van der Waals surface area contributed by atoms with E-state index < -0.39 is 12.1 Å². The van der Waals surface area contributed by atoms with Gasteiger partial charge in [-0.2, -0.15) is 0 Å². The second kappa shape index (κ2) is 20.0. The number of Topliss-reactive ketones (excluding diaryl/α,β-unsaturated/α-hetero) is 1. The lowest BCUT2D eigenvalue weighted by Crippen LogP contribution is -2.49. The van der Waals surface area contributed by atoms with E-state index in [1.165, 1.54) is 0 Å². The first-order chi connectivity index (χ1) is 17.3. The maximum atomic E-state index is 13.4. The van der Waals surface area contributed by atoms with Crippen LogP contribution in [-0.4, -0.2) is 62.0 Å². The fourth-order valence-corrected chi connectivity index (χ4v) is 4.47. The number of para-hydroxylation sites is 1. The third-order valence-corrected chi connectivity index (χ3v) is 6.71. The number of benzene rings is 2. The second-order valence-electron chi connectivity index (χ2n) is 10.2. The monoisotopic (exact) mass is 635 g/mol. The molecule has 0 aliphatic carbocycles. The molecule has 3 aromatic rings. The molecule has 0 aliphatic rings. The molecule has 0 saturated carbocycles. The van der Waals surface area contributed by atoms with Gasteiger partial charge < -0.3 is 21.3 Å². The van der Waals surface area contributed by atoms with Crippen molar-refractivity contribution in [3.05, 3.63) is 78.0 Å². The zero-order valence-corrected chi connectivity index (χ0v) is 26.5. The number of aryl methyl sites for hydroxylation is 1. The molecule has 0 radical (unpaired) electrons. The summed E-state index contributed by atoms with van der Waals surface area (Å²) in [5, 5.41) is 4.02. The van der Waals surface area contributed by atoms with Gasteiger partial charge >= 0.3 is 0 Å². The van der Waals surface area contributed by atoms with Crippen molar-refractivity contribution in [3.63, 3.8) is 0 Å². The molecule has 0 fully saturated rings. The highest BCUT2D eigenvalue weighted by molar-refractivity contribution is 5.92. The van der Waals surface area contributed by atoms with Crippen molar-refractivity contribution in [2.75, 3.05) is 33.7 Å². The molecule has 7 nitrogen and oxygen atoms in total. The number of ketones is 1. The first-order valence-corrected chi connectivity index (χ1v) is 12.8. The van der Waals surface area contributed by atoms with E-state index >= 15 is 0 Å². The van der Waals surface area contributed by atoms with Crippen LogP contribution >= 0.6 is 49.6 Å². The number of rotatable bonds is 14. The number of hydrogen-bond acceptors (Lipinski definition) is 4. The van der Waals surface area contributed by atoms with Crippen LogP contribution in [0.4, 0.5) is 0 Å². The summed E-state index contributed by atoms with van der Waals surface area (Å²) < 4.78 is 0.797. The Morgan fingerprint density at radius 2 is 1.55 bits per heavy atom. The zero-order valence-electron chi connectivity index (χ0n) is 23.2. The van der Waals surface area contributed by atoms with Gasteiger partial charge in [0.1, 0.15) is 0 Å². The van der Waals surface area contributed by atoms with Crippen molar-refractivity contribution >= 4 is 72.2 Å². The van der Waals surface area contributed by atoms with Crippen LogP contribution < -0.4 is 21.8 Å². The maximum Gasteiger partial charge on any atom is 0.237 e. The highest BCUT2D eigenvalue weighted by Crippen LogP contribution is 2.13. The van der Waals surface area contributed by atoms with Crippen LogP contribution in [0.15, 0.2) is 66.9 Å². The number of pyridine rings is 1. The van der Waals surface area contributed by atoms with E-state index in [0.717, 1.165) is 46.0 Å². The minimum absolute atomic E-state index is 0. The molecule has 1 aromatic heterocycles. The molecule has 1 amide bonds. The summed E-state index contributed by atoms with van der Waals surface area (Å²) in [5.41, 5.74) is 15.0. The molecule has 0 bridgehead atoms. The van der Waals surface area contributed by atoms with Crippen LogP contribution in [-0.2, 0) is 22.4 Å². The van der Waals surface area contributed by atoms with Gasteiger partial charge in [0.15, 0.2) is 12.0 Å². The topological polar surface area (TPSA) is 112 Å². The van der Waals surface area contributed by atoms with Gasteiger partial charge in [-0.15, -0.1) is 49.6 Å². The van der Waals surface area contributed by atoms with Gasteiger partial charge in [0.05, 0.1) is 39.3 Å². The Morgan fingerprint density at radius 1 is 0.900 bits per heavy atom. The molecule has 2 atom stereocenters. The molecule has 0 aliphatic heterocycles. The summed E-state index contributed by atoms with van der Waals surface area (Å²) in [6.07, 6.45) is 4.71. The van der Waals surface area contributed by atoms with Crippen molar-refractivity contribution in [1.29, 1.82) is 0 Å². The van der Waals surface area contributed by atoms with E-state index in [-0.39, 0.29) is 67.7 Å². The largest absolute Gasteiger partial charge is 0.345 e. The Kier molecular flexibility index (Phi) is 20.1. The smallest absolute Gasteiger partial charge is 0.237 e. The fraction of sp³-hybridized carbons (Fsp3) is 0.414. The number of carbonyl (C=O) groups excluding carboxylic acids is 2. The quantitative estimate of drug-likeness (QED) is 0.234. The molecule has 1 heterocycles. The molecular formula is C29H45Cl4N5O2+2. The van der Waals surface area contributed by atoms with Gasteiger partial charge in [-0.05, 0) is 43.4 Å². The normalized spacial score (nSPS) is 12.0. The minimum atomic E-state index is -0.649. The Morgan fingerprint density at radius 3 is 2.23 bits per heavy atom. The molecule has 224 valence electrons. The lowest BCUT2D eigenvalue weighted by Gasteiger charge is -2.29. The number of H-pyrrole nitrogens is 1. The van der Waals surface area contributed by atoms with Crippen LogP contribution in [0.25, 0.3) is 10.9 Å². The molecule has 0 saturated heterocycles. The maximum absolute atomic E-state index is 13.4. The van der Waals surface area contributed by atoms with E-state index in [2.05, 4.69) is 24.4 Å². The SMILES string of the molecule is C[N+](C)(CCN)CCC[C@@H](N)C(=O)N[C@H](CCc1ccccc1)C(=O)Cc1c[nH+]c2ccccc2c1.Cl.Cl.Cl.Cl. The highest BCUT2D eigenvalue weighted by Gasteiger charge is 2.25. The molecule has 6 N–H and O–H groups in total. The standard InChI is InChI=1S/C29H39N5O2.4ClH/c1-34(2,18-16-30)17-8-12-25(31)29(36)33-27(15-14-22-9-4-3-5-10-22)28(35)20-23-19-24-11-6-7-13-26(24)32-21-23;;;;/h3-7,9-11,13,19,21,25,27H,8,12,14-18,20,30-31H2,1-2H3;4*1H/p+2/t25-,27-;;;;/m1..../s1. The summed E-state index contributed by atoms with van der Waals surface area (Å²) in [4.78, 5) is 29.6. The third-order valence-electron chi connectivity index (χ3n) is 6.71. The molecule has 11 heteroatoms. The number of amides is 1. The van der Waals surface area contributed by atoms with Crippen LogP contribution in [0.3, 0.4) is 0 Å². The minimum Gasteiger partial charge on any atom is -0.345 e. The molecule has 40 heavy (non-hydrogen) atoms. The summed E-state index contributed by atoms with van der Waals surface area (Å²) in [6.45, 7) is 2.40. The predicted octanol–water partition coefficient (Wildman–Crippen LogP) is 3.71. The van der Waals surface area contributed by atoms with E-state index in [1.54, 1.807) is 0 Å². The van der Waals surface area contributed by atoms with Crippen molar-refractivity contribution in [2.45, 2.75) is 44.2 Å². The molecule has 3 rings (SSSR count). The number of nitrogens with zero attached hydrogens (tertiary/aromatic N) is 1. The average molecular weight is 638 g/mol. The van der Waals surface area contributed by atoms with E-state index in [9.17, 15) is 9.59 Å².